The molecule has 1 aliphatic heterocycles. The van der Waals surface area contributed by atoms with Crippen LogP contribution in [0, 0.1) is 6.92 Å². The van der Waals surface area contributed by atoms with Gasteiger partial charge in [-0.05, 0) is 56.9 Å². The minimum absolute atomic E-state index is 0.124. The van der Waals surface area contributed by atoms with Crippen LogP contribution in [0.3, 0.4) is 0 Å². The summed E-state index contributed by atoms with van der Waals surface area (Å²) in [5.74, 6) is 0. The van der Waals surface area contributed by atoms with Crippen molar-refractivity contribution >= 4 is 17.4 Å². The molecular weight excluding hydrogens is 292 g/mol. The molecule has 1 fully saturated rings. The largest absolute Gasteiger partial charge is 0.395 e. The predicted molar refractivity (Wildman–Crippen MR) is 91.5 cm³/mol. The number of benzene rings is 1. The summed E-state index contributed by atoms with van der Waals surface area (Å²) >= 11 is 0. The van der Waals surface area contributed by atoms with Crippen LogP contribution in [0.5, 0.6) is 0 Å². The number of hydrogen-bond donors (Lipinski definition) is 1. The van der Waals surface area contributed by atoms with E-state index in [9.17, 15) is 4.79 Å². The van der Waals surface area contributed by atoms with Crippen LogP contribution >= 0.6 is 0 Å². The number of aliphatic hydroxyl groups excluding tert-OH is 1. The second-order valence-corrected chi connectivity index (χ2v) is 5.80. The van der Waals surface area contributed by atoms with E-state index in [-0.39, 0.29) is 12.6 Å². The molecule has 126 valence electrons. The fourth-order valence-corrected chi connectivity index (χ4v) is 2.78. The van der Waals surface area contributed by atoms with Crippen LogP contribution < -0.4 is 4.90 Å². The molecule has 0 bridgehead atoms. The van der Waals surface area contributed by atoms with Gasteiger partial charge in [-0.2, -0.15) is 0 Å². The van der Waals surface area contributed by atoms with E-state index in [1.54, 1.807) is 4.90 Å². The molecule has 1 aromatic carbocycles. The van der Waals surface area contributed by atoms with Crippen molar-refractivity contribution in [3.63, 3.8) is 0 Å². The first-order chi connectivity index (χ1) is 11.2. The van der Waals surface area contributed by atoms with Crippen LogP contribution in [-0.2, 0) is 0 Å². The Kier molecular flexibility index (Phi) is 6.52. The van der Waals surface area contributed by atoms with Gasteiger partial charge in [-0.15, -0.1) is 5.11 Å². The standard InChI is InChI=1S/C17H26N4O2/c1-3-20(11-12-22)15-7-8-16(14(2)13-15)18-19-17(23)21-9-5-4-6-10-21/h7-8,13,22H,3-6,9-12H2,1-2H3/b19-18+. The quantitative estimate of drug-likeness (QED) is 0.845. The van der Waals surface area contributed by atoms with E-state index in [4.69, 9.17) is 5.11 Å². The van der Waals surface area contributed by atoms with Crippen LogP contribution in [-0.4, -0.2) is 48.8 Å². The lowest BCUT2D eigenvalue weighted by molar-refractivity contribution is 0.195. The third-order valence-electron chi connectivity index (χ3n) is 4.17. The van der Waals surface area contributed by atoms with Crippen molar-refractivity contribution in [3.8, 4) is 0 Å². The number of anilines is 1. The van der Waals surface area contributed by atoms with Crippen molar-refractivity contribution < 1.29 is 9.90 Å². The summed E-state index contributed by atoms with van der Waals surface area (Å²) in [5, 5.41) is 17.1. The molecule has 1 aromatic rings. The smallest absolute Gasteiger partial charge is 0.362 e. The van der Waals surface area contributed by atoms with Crippen LogP contribution in [0.25, 0.3) is 0 Å². The molecule has 0 spiro atoms. The fourth-order valence-electron chi connectivity index (χ4n) is 2.78. The molecule has 2 amide bonds. The number of nitrogens with zero attached hydrogens (tertiary/aromatic N) is 4. The van der Waals surface area contributed by atoms with Gasteiger partial charge in [0.05, 0.1) is 12.3 Å². The number of amides is 2. The molecule has 23 heavy (non-hydrogen) atoms. The number of carbonyl (C=O) groups is 1. The molecule has 0 unspecified atom stereocenters. The molecular formula is C17H26N4O2. The lowest BCUT2D eigenvalue weighted by atomic mass is 10.1. The van der Waals surface area contributed by atoms with Gasteiger partial charge in [-0.3, -0.25) is 0 Å². The van der Waals surface area contributed by atoms with Gasteiger partial charge in [-0.1, -0.05) is 5.11 Å². The molecule has 2 rings (SSSR count). The first kappa shape index (κ1) is 17.4. The maximum Gasteiger partial charge on any atom is 0.362 e. The third-order valence-corrected chi connectivity index (χ3v) is 4.17. The molecule has 0 atom stereocenters. The van der Waals surface area contributed by atoms with Crippen molar-refractivity contribution in [2.45, 2.75) is 33.1 Å². The van der Waals surface area contributed by atoms with E-state index in [2.05, 4.69) is 22.1 Å². The number of piperidine rings is 1. The van der Waals surface area contributed by atoms with Gasteiger partial charge in [0.15, 0.2) is 0 Å². The molecule has 1 N–H and O–H groups in total. The van der Waals surface area contributed by atoms with E-state index < -0.39 is 0 Å². The van der Waals surface area contributed by atoms with Crippen molar-refractivity contribution in [1.29, 1.82) is 0 Å². The molecule has 1 saturated heterocycles. The highest BCUT2D eigenvalue weighted by molar-refractivity contribution is 5.75. The summed E-state index contributed by atoms with van der Waals surface area (Å²) in [6.07, 6.45) is 3.28. The van der Waals surface area contributed by atoms with Gasteiger partial charge in [0, 0.05) is 31.9 Å². The van der Waals surface area contributed by atoms with Gasteiger partial charge in [0.1, 0.15) is 0 Å². The summed E-state index contributed by atoms with van der Waals surface area (Å²) in [5.41, 5.74) is 2.72. The topological polar surface area (TPSA) is 68.5 Å². The highest BCUT2D eigenvalue weighted by Crippen LogP contribution is 2.25. The molecule has 0 aliphatic carbocycles. The number of urea groups is 1. The number of hydrogen-bond acceptors (Lipinski definition) is 4. The summed E-state index contributed by atoms with van der Waals surface area (Å²) in [7, 11) is 0. The highest BCUT2D eigenvalue weighted by Gasteiger charge is 2.15. The number of aryl methyl sites for hydroxylation is 1. The third kappa shape index (κ3) is 4.76. The monoisotopic (exact) mass is 318 g/mol. The summed E-state index contributed by atoms with van der Waals surface area (Å²) in [6, 6.07) is 5.59. The van der Waals surface area contributed by atoms with Crippen LogP contribution in [0.1, 0.15) is 31.7 Å². The van der Waals surface area contributed by atoms with E-state index >= 15 is 0 Å². The zero-order valence-corrected chi connectivity index (χ0v) is 14.0. The summed E-state index contributed by atoms with van der Waals surface area (Å²) in [6.45, 7) is 7.12. The number of rotatable bonds is 5. The Morgan fingerprint density at radius 1 is 1.30 bits per heavy atom. The Balaban J connectivity index is 2.05. The lowest BCUT2D eigenvalue weighted by Crippen LogP contribution is -2.33. The number of carbonyl (C=O) groups excluding carboxylic acids is 1. The van der Waals surface area contributed by atoms with Crippen molar-refractivity contribution in [2.24, 2.45) is 10.2 Å². The van der Waals surface area contributed by atoms with Gasteiger partial charge in [-0.25, -0.2) is 4.79 Å². The highest BCUT2D eigenvalue weighted by atomic mass is 16.3. The number of azo groups is 1. The Bertz CT molecular complexity index is 554. The normalized spacial score (nSPS) is 15.2. The Morgan fingerprint density at radius 3 is 2.65 bits per heavy atom. The molecule has 0 aromatic heterocycles. The summed E-state index contributed by atoms with van der Waals surface area (Å²) < 4.78 is 0. The molecule has 6 heteroatoms. The van der Waals surface area contributed by atoms with Crippen molar-refractivity contribution in [2.75, 3.05) is 37.7 Å². The molecule has 0 saturated carbocycles. The first-order valence-corrected chi connectivity index (χ1v) is 8.32. The minimum atomic E-state index is -0.247. The minimum Gasteiger partial charge on any atom is -0.395 e. The zero-order valence-electron chi connectivity index (χ0n) is 14.0. The van der Waals surface area contributed by atoms with Gasteiger partial charge in [0.2, 0.25) is 0 Å². The maximum absolute atomic E-state index is 12.0. The van der Waals surface area contributed by atoms with Crippen LogP contribution in [0.15, 0.2) is 28.4 Å². The number of likely N-dealkylation sites (tertiary alicyclic amines) is 1. The Labute approximate surface area is 137 Å². The van der Waals surface area contributed by atoms with Crippen molar-refractivity contribution in [3.05, 3.63) is 23.8 Å². The van der Waals surface area contributed by atoms with Crippen LogP contribution in [0.2, 0.25) is 0 Å². The second kappa shape index (κ2) is 8.62. The maximum atomic E-state index is 12.0. The zero-order chi connectivity index (χ0) is 16.7. The van der Waals surface area contributed by atoms with E-state index in [1.165, 1.54) is 6.42 Å². The average Bonchev–Trinajstić information content (AvgIpc) is 2.59. The van der Waals surface area contributed by atoms with Gasteiger partial charge in [0.25, 0.3) is 0 Å². The Hall–Kier alpha value is -1.95. The van der Waals surface area contributed by atoms with E-state index in [1.807, 2.05) is 25.1 Å². The van der Waals surface area contributed by atoms with Gasteiger partial charge >= 0.3 is 6.03 Å². The molecule has 6 nitrogen and oxygen atoms in total. The average molecular weight is 318 g/mol. The molecule has 1 heterocycles. The van der Waals surface area contributed by atoms with Gasteiger partial charge < -0.3 is 14.9 Å². The predicted octanol–water partition coefficient (Wildman–Crippen LogP) is 3.50. The number of likely N-dealkylation sites (N-methyl/N-ethyl adjacent to an activating group) is 1. The van der Waals surface area contributed by atoms with E-state index in [0.29, 0.717) is 12.2 Å². The number of aliphatic hydroxyl groups is 1. The second-order valence-electron chi connectivity index (χ2n) is 5.80. The lowest BCUT2D eigenvalue weighted by Gasteiger charge is -2.24. The first-order valence-electron chi connectivity index (χ1n) is 8.32. The van der Waals surface area contributed by atoms with E-state index in [0.717, 1.165) is 43.7 Å². The SMILES string of the molecule is CCN(CCO)c1ccc(/N=N/C(=O)N2CCCCC2)c(C)c1. The summed E-state index contributed by atoms with van der Waals surface area (Å²) in [4.78, 5) is 15.9. The molecule has 1 aliphatic rings. The molecule has 0 radical (unpaired) electrons. The fraction of sp³-hybridized carbons (Fsp3) is 0.588. The van der Waals surface area contributed by atoms with Crippen LogP contribution in [0.4, 0.5) is 16.2 Å². The Morgan fingerprint density at radius 2 is 2.04 bits per heavy atom. The van der Waals surface area contributed by atoms with Crippen molar-refractivity contribution in [1.82, 2.24) is 4.90 Å².